The van der Waals surface area contributed by atoms with Crippen LogP contribution in [-0.4, -0.2) is 103 Å². The number of para-hydroxylation sites is 1. The SMILES string of the molecule is COc1ccc(C(N)=O)c(-c2c(Cl)c(F)cc3c2[C@H](C)[C@@](CNC2CCN(C(=O)C4CCC(OC5CCN(c6cccc7c(N8CCC(=O)NC8=O)nn(C)c67)CC5)CC4)CC2)(c2ccccc2)O3)c1F. The highest BCUT2D eigenvalue weighted by Gasteiger charge is 2.50. The van der Waals surface area contributed by atoms with Gasteiger partial charge in [-0.1, -0.05) is 54.9 Å². The van der Waals surface area contributed by atoms with Gasteiger partial charge in [0.15, 0.2) is 23.0 Å². The van der Waals surface area contributed by atoms with E-state index < -0.39 is 35.1 Å². The molecule has 4 fully saturated rings. The lowest BCUT2D eigenvalue weighted by atomic mass is 9.77. The molecule has 10 rings (SSSR count). The molecule has 0 radical (unpaired) electrons. The van der Waals surface area contributed by atoms with Crippen LogP contribution in [0.1, 0.15) is 92.1 Å². The Labute approximate surface area is 415 Å². The third kappa shape index (κ3) is 8.94. The van der Waals surface area contributed by atoms with Crippen LogP contribution in [0.5, 0.6) is 11.5 Å². The molecule has 4 aliphatic heterocycles. The maximum Gasteiger partial charge on any atom is 0.329 e. The number of nitrogens with zero attached hydrogens (tertiary/aromatic N) is 5. The quantitative estimate of drug-likeness (QED) is 0.111. The number of likely N-dealkylation sites (tertiary alicyclic amines) is 1. The van der Waals surface area contributed by atoms with E-state index in [-0.39, 0.29) is 82.2 Å². The molecule has 0 spiro atoms. The summed E-state index contributed by atoms with van der Waals surface area (Å²) in [5.41, 5.74) is 7.49. The molecule has 15 nitrogen and oxygen atoms in total. The van der Waals surface area contributed by atoms with E-state index in [0.717, 1.165) is 86.6 Å². The number of methoxy groups -OCH3 is 1. The number of rotatable bonds is 12. The number of aromatic nitrogens is 2. The molecule has 5 amide bonds. The zero-order valence-corrected chi connectivity index (χ0v) is 40.9. The molecule has 18 heteroatoms. The molecule has 4 N–H and O–H groups in total. The fourth-order valence-electron chi connectivity index (χ4n) is 11.7. The number of benzene rings is 4. The van der Waals surface area contributed by atoms with Crippen molar-refractivity contribution in [3.63, 3.8) is 0 Å². The fourth-order valence-corrected chi connectivity index (χ4v) is 12.0. The van der Waals surface area contributed by atoms with Crippen molar-refractivity contribution in [3.05, 3.63) is 100 Å². The van der Waals surface area contributed by atoms with E-state index in [0.29, 0.717) is 31.0 Å². The lowest BCUT2D eigenvalue weighted by molar-refractivity contribution is -0.139. The van der Waals surface area contributed by atoms with E-state index in [9.17, 15) is 19.2 Å². The van der Waals surface area contributed by atoms with E-state index in [2.05, 4.69) is 21.6 Å². The molecule has 0 unspecified atom stereocenters. The van der Waals surface area contributed by atoms with Crippen molar-refractivity contribution in [1.29, 1.82) is 0 Å². The maximum atomic E-state index is 16.2. The van der Waals surface area contributed by atoms with Gasteiger partial charge in [-0.15, -0.1) is 0 Å². The van der Waals surface area contributed by atoms with Gasteiger partial charge >= 0.3 is 6.03 Å². The first-order valence-electron chi connectivity index (χ1n) is 24.7. The summed E-state index contributed by atoms with van der Waals surface area (Å²) >= 11 is 6.70. The minimum absolute atomic E-state index is 0.00896. The predicted molar refractivity (Wildman–Crippen MR) is 265 cm³/mol. The molecule has 3 saturated heterocycles. The van der Waals surface area contributed by atoms with Crippen LogP contribution in [0.25, 0.3) is 22.0 Å². The lowest BCUT2D eigenvalue weighted by Crippen LogP contribution is -2.51. The van der Waals surface area contributed by atoms with Crippen LogP contribution in [0.3, 0.4) is 0 Å². The number of urea groups is 1. The normalized spacial score (nSPS) is 23.2. The number of nitrogens with two attached hydrogens (primary N) is 1. The first kappa shape index (κ1) is 48.3. The number of carbonyl (C=O) groups excluding carboxylic acids is 4. The average Bonchev–Trinajstić information content (AvgIpc) is 3.86. The van der Waals surface area contributed by atoms with Crippen molar-refractivity contribution >= 4 is 57.8 Å². The number of halogens is 3. The van der Waals surface area contributed by atoms with E-state index in [1.165, 1.54) is 30.2 Å². The van der Waals surface area contributed by atoms with Gasteiger partial charge in [0.1, 0.15) is 11.6 Å². The van der Waals surface area contributed by atoms with Gasteiger partial charge in [-0.25, -0.2) is 13.6 Å². The van der Waals surface area contributed by atoms with Crippen molar-refractivity contribution < 1.29 is 42.2 Å². The molecule has 5 aliphatic rings. The van der Waals surface area contributed by atoms with Crippen LogP contribution >= 0.6 is 11.6 Å². The third-order valence-corrected chi connectivity index (χ3v) is 15.9. The Kier molecular flexibility index (Phi) is 13.4. The van der Waals surface area contributed by atoms with Crippen LogP contribution in [-0.2, 0) is 27.0 Å². The monoisotopic (exact) mass is 992 g/mol. The van der Waals surface area contributed by atoms with Crippen molar-refractivity contribution in [2.75, 3.05) is 56.2 Å². The highest BCUT2D eigenvalue weighted by Crippen LogP contribution is 2.56. The zero-order chi connectivity index (χ0) is 49.7. The van der Waals surface area contributed by atoms with Crippen molar-refractivity contribution in [2.45, 2.75) is 94.5 Å². The summed E-state index contributed by atoms with van der Waals surface area (Å²) in [5, 5.41) is 11.3. The van der Waals surface area contributed by atoms with Crippen molar-refractivity contribution in [2.24, 2.45) is 18.7 Å². The Hall–Kier alpha value is -6.30. The first-order chi connectivity index (χ1) is 34.3. The summed E-state index contributed by atoms with van der Waals surface area (Å²) < 4.78 is 52.6. The molecule has 5 aromatic rings. The number of nitrogens with one attached hydrogen (secondary N) is 2. The first-order valence-corrected chi connectivity index (χ1v) is 25.1. The van der Waals surface area contributed by atoms with Crippen LogP contribution in [0.4, 0.5) is 25.1 Å². The van der Waals surface area contributed by atoms with Gasteiger partial charge in [0.05, 0.1) is 41.1 Å². The molecule has 2 atom stereocenters. The number of fused-ring (bicyclic) bond motifs is 2. The molecule has 0 bridgehead atoms. The second-order valence-corrected chi connectivity index (χ2v) is 19.9. The summed E-state index contributed by atoms with van der Waals surface area (Å²) in [7, 11) is 3.18. The highest BCUT2D eigenvalue weighted by molar-refractivity contribution is 6.34. The third-order valence-electron chi connectivity index (χ3n) is 15.5. The maximum absolute atomic E-state index is 16.2. The van der Waals surface area contributed by atoms with E-state index in [4.69, 9.17) is 36.6 Å². The van der Waals surface area contributed by atoms with Gasteiger partial charge in [0.2, 0.25) is 17.7 Å². The number of aryl methyl sites for hydroxylation is 1. The summed E-state index contributed by atoms with van der Waals surface area (Å²) in [6, 6.07) is 19.1. The molecular weight excluding hydrogens is 934 g/mol. The number of hydrogen-bond acceptors (Lipinski definition) is 10. The fraction of sp³-hybridized carbons (Fsp3) is 0.453. The average molecular weight is 994 g/mol. The molecule has 71 heavy (non-hydrogen) atoms. The summed E-state index contributed by atoms with van der Waals surface area (Å²) in [6.45, 7) is 5.37. The topological polar surface area (TPSA) is 174 Å². The second kappa shape index (κ2) is 19.7. The molecular formula is C53H59ClF2N8O7. The van der Waals surface area contributed by atoms with Gasteiger partial charge in [-0.3, -0.25) is 29.3 Å². The van der Waals surface area contributed by atoms with Crippen LogP contribution in [0.2, 0.25) is 5.02 Å². The molecule has 4 aromatic carbocycles. The van der Waals surface area contributed by atoms with E-state index in [1.54, 1.807) is 0 Å². The Balaban J connectivity index is 0.736. The molecule has 1 saturated carbocycles. The summed E-state index contributed by atoms with van der Waals surface area (Å²) in [6.07, 6.45) is 6.94. The standard InChI is InChI=1S/C53H59ClF2N8O7/c1-30-43-41(28-38(55)46(54)45(43)44-36(49(57)66)16-17-40(69-3)47(44)56)71-53(30,32-8-5-4-6-9-32)29-58-33-18-23-63(24-19-33)51(67)31-12-14-34(15-13-31)70-35-20-25-62(26-21-35)39-11-7-10-37-48(39)61(2)60-50(37)64-27-22-42(65)59-52(64)68/h4-11,16-17,28,30-31,33-35,58H,12-15,18-27,29H2,1-3H3,(H2,57,66)(H,59,65,68)/t30-,31?,34?,53-/m0/s1. The minimum atomic E-state index is -1.08. The summed E-state index contributed by atoms with van der Waals surface area (Å²) in [5.74, 6) is -2.70. The number of carbonyl (C=O) groups is 4. The number of hydrogen-bond donors (Lipinski definition) is 3. The van der Waals surface area contributed by atoms with Gasteiger partial charge in [0.25, 0.3) is 0 Å². The number of ether oxygens (including phenoxy) is 3. The number of imide groups is 1. The van der Waals surface area contributed by atoms with E-state index >= 15 is 8.78 Å². The number of piperidine rings is 2. The molecule has 1 aliphatic carbocycles. The van der Waals surface area contributed by atoms with Gasteiger partial charge in [0, 0.05) is 98.8 Å². The Bertz CT molecular complexity index is 2880. The molecule has 5 heterocycles. The number of primary amides is 1. The second-order valence-electron chi connectivity index (χ2n) is 19.6. The largest absolute Gasteiger partial charge is 0.494 e. The predicted octanol–water partition coefficient (Wildman–Crippen LogP) is 7.94. The van der Waals surface area contributed by atoms with Crippen LogP contribution in [0, 0.1) is 17.6 Å². The highest BCUT2D eigenvalue weighted by atomic mass is 35.5. The van der Waals surface area contributed by atoms with Gasteiger partial charge < -0.3 is 35.1 Å². The minimum Gasteiger partial charge on any atom is -0.494 e. The Morgan fingerprint density at radius 3 is 2.32 bits per heavy atom. The summed E-state index contributed by atoms with van der Waals surface area (Å²) in [4.78, 5) is 57.0. The molecule has 374 valence electrons. The Morgan fingerprint density at radius 2 is 1.63 bits per heavy atom. The smallest absolute Gasteiger partial charge is 0.329 e. The number of amides is 5. The van der Waals surface area contributed by atoms with Crippen LogP contribution < -0.4 is 35.6 Å². The van der Waals surface area contributed by atoms with Gasteiger partial charge in [-0.05, 0) is 81.2 Å². The van der Waals surface area contributed by atoms with Crippen LogP contribution in [0.15, 0.2) is 66.7 Å². The zero-order valence-electron chi connectivity index (χ0n) is 40.1. The van der Waals surface area contributed by atoms with Crippen molar-refractivity contribution in [3.8, 4) is 22.6 Å². The number of anilines is 2. The van der Waals surface area contributed by atoms with Gasteiger partial charge in [-0.2, -0.15) is 5.10 Å². The van der Waals surface area contributed by atoms with E-state index in [1.807, 2.05) is 66.0 Å². The molecule has 1 aromatic heterocycles. The Morgan fingerprint density at radius 1 is 0.915 bits per heavy atom. The lowest BCUT2D eigenvalue weighted by Gasteiger charge is -2.40. The van der Waals surface area contributed by atoms with Crippen molar-refractivity contribution in [1.82, 2.24) is 25.3 Å².